The van der Waals surface area contributed by atoms with E-state index in [-0.39, 0.29) is 5.82 Å². The van der Waals surface area contributed by atoms with Gasteiger partial charge < -0.3 is 5.32 Å². The van der Waals surface area contributed by atoms with Gasteiger partial charge in [-0.3, -0.25) is 0 Å². The first kappa shape index (κ1) is 9.76. The molecule has 0 aliphatic rings. The molecule has 1 heterocycles. The molecule has 0 aliphatic carbocycles. The molecule has 13 heavy (non-hydrogen) atoms. The van der Waals surface area contributed by atoms with Gasteiger partial charge in [0, 0.05) is 12.7 Å². The highest BCUT2D eigenvalue weighted by Gasteiger charge is 2.34. The lowest BCUT2D eigenvalue weighted by atomic mass is 10.5. The van der Waals surface area contributed by atoms with E-state index in [1.165, 1.54) is 6.07 Å². The maximum Gasteiger partial charge on any atom is 0.451 e. The lowest BCUT2D eigenvalue weighted by Crippen LogP contribution is -2.12. The van der Waals surface area contributed by atoms with Gasteiger partial charge in [0.15, 0.2) is 0 Å². The highest BCUT2D eigenvalue weighted by atomic mass is 19.4. The van der Waals surface area contributed by atoms with E-state index in [9.17, 15) is 13.2 Å². The zero-order valence-electron chi connectivity index (χ0n) is 6.89. The molecule has 0 saturated carbocycles. The number of halogens is 3. The number of nitrogens with zero attached hydrogens (tertiary/aromatic N) is 2. The van der Waals surface area contributed by atoms with E-state index in [0.29, 0.717) is 6.54 Å². The molecule has 0 aromatic carbocycles. The molecule has 0 amide bonds. The van der Waals surface area contributed by atoms with E-state index >= 15 is 0 Å². The molecule has 72 valence electrons. The second kappa shape index (κ2) is 3.59. The summed E-state index contributed by atoms with van der Waals surface area (Å²) in [6.07, 6.45) is -3.40. The Hall–Kier alpha value is -1.33. The van der Waals surface area contributed by atoms with Crippen LogP contribution in [0.15, 0.2) is 12.3 Å². The fourth-order valence-electron chi connectivity index (χ4n) is 0.775. The second-order valence-corrected chi connectivity index (χ2v) is 2.29. The van der Waals surface area contributed by atoms with E-state index in [1.54, 1.807) is 6.92 Å². The normalized spacial score (nSPS) is 11.4. The van der Waals surface area contributed by atoms with Crippen molar-refractivity contribution >= 4 is 5.82 Å². The van der Waals surface area contributed by atoms with Crippen LogP contribution in [0.2, 0.25) is 0 Å². The smallest absolute Gasteiger partial charge is 0.370 e. The summed E-state index contributed by atoms with van der Waals surface area (Å²) >= 11 is 0. The van der Waals surface area contributed by atoms with Gasteiger partial charge in [-0.15, -0.1) is 0 Å². The Labute approximate surface area is 73.0 Å². The summed E-state index contributed by atoms with van der Waals surface area (Å²) in [6, 6.07) is 1.39. The highest BCUT2D eigenvalue weighted by Crippen LogP contribution is 2.26. The van der Waals surface area contributed by atoms with E-state index in [1.807, 2.05) is 0 Å². The van der Waals surface area contributed by atoms with Crippen molar-refractivity contribution in [3.05, 3.63) is 18.1 Å². The van der Waals surface area contributed by atoms with Crippen LogP contribution in [-0.2, 0) is 6.18 Å². The first-order valence-electron chi connectivity index (χ1n) is 3.68. The average molecular weight is 191 g/mol. The van der Waals surface area contributed by atoms with E-state index < -0.39 is 12.0 Å². The van der Waals surface area contributed by atoms with Gasteiger partial charge in [0.2, 0.25) is 5.82 Å². The Bertz CT molecular complexity index is 285. The monoisotopic (exact) mass is 191 g/mol. The highest BCUT2D eigenvalue weighted by molar-refractivity contribution is 5.32. The van der Waals surface area contributed by atoms with Crippen molar-refractivity contribution in [1.82, 2.24) is 9.97 Å². The molecule has 1 aromatic heterocycles. The molecule has 0 bridgehead atoms. The van der Waals surface area contributed by atoms with Crippen molar-refractivity contribution in [3.63, 3.8) is 0 Å². The van der Waals surface area contributed by atoms with Gasteiger partial charge in [-0.25, -0.2) is 9.97 Å². The Kier molecular flexibility index (Phi) is 2.69. The number of alkyl halides is 3. The first-order chi connectivity index (χ1) is 6.04. The van der Waals surface area contributed by atoms with Crippen LogP contribution in [-0.4, -0.2) is 16.5 Å². The van der Waals surface area contributed by atoms with Crippen molar-refractivity contribution in [3.8, 4) is 0 Å². The molecule has 1 N–H and O–H groups in total. The minimum absolute atomic E-state index is 0.185. The molecule has 1 aromatic rings. The van der Waals surface area contributed by atoms with Gasteiger partial charge in [-0.1, -0.05) is 0 Å². The number of hydrogen-bond acceptors (Lipinski definition) is 3. The van der Waals surface area contributed by atoms with Crippen molar-refractivity contribution in [2.45, 2.75) is 13.1 Å². The fraction of sp³-hybridized carbons (Fsp3) is 0.429. The van der Waals surface area contributed by atoms with Crippen LogP contribution in [0.5, 0.6) is 0 Å². The molecule has 0 aliphatic heterocycles. The van der Waals surface area contributed by atoms with Gasteiger partial charge in [-0.05, 0) is 13.0 Å². The van der Waals surface area contributed by atoms with Crippen LogP contribution in [0.4, 0.5) is 19.0 Å². The van der Waals surface area contributed by atoms with Crippen molar-refractivity contribution in [1.29, 1.82) is 0 Å². The van der Waals surface area contributed by atoms with Gasteiger partial charge >= 0.3 is 6.18 Å². The van der Waals surface area contributed by atoms with Gasteiger partial charge in [0.25, 0.3) is 0 Å². The summed E-state index contributed by atoms with van der Waals surface area (Å²) < 4.78 is 36.2. The summed E-state index contributed by atoms with van der Waals surface area (Å²) in [7, 11) is 0. The first-order valence-corrected chi connectivity index (χ1v) is 3.68. The maximum absolute atomic E-state index is 12.1. The zero-order chi connectivity index (χ0) is 9.90. The van der Waals surface area contributed by atoms with Crippen LogP contribution >= 0.6 is 0 Å². The van der Waals surface area contributed by atoms with Crippen molar-refractivity contribution in [2.75, 3.05) is 11.9 Å². The molecule has 0 spiro atoms. The average Bonchev–Trinajstić information content (AvgIpc) is 2.04. The van der Waals surface area contributed by atoms with E-state index in [0.717, 1.165) is 6.20 Å². The summed E-state index contributed by atoms with van der Waals surface area (Å²) in [5.41, 5.74) is 0. The SMILES string of the molecule is CCNc1ccnc(C(F)(F)F)n1. The fourth-order valence-corrected chi connectivity index (χ4v) is 0.775. The van der Waals surface area contributed by atoms with E-state index in [4.69, 9.17) is 0 Å². The Morgan fingerprint density at radius 3 is 2.69 bits per heavy atom. The molecule has 0 fully saturated rings. The minimum Gasteiger partial charge on any atom is -0.370 e. The third-order valence-corrected chi connectivity index (χ3v) is 1.27. The molecule has 0 saturated heterocycles. The summed E-state index contributed by atoms with van der Waals surface area (Å²) in [4.78, 5) is 6.40. The number of rotatable bonds is 2. The molecule has 3 nitrogen and oxygen atoms in total. The van der Waals surface area contributed by atoms with Crippen molar-refractivity contribution < 1.29 is 13.2 Å². The predicted octanol–water partition coefficient (Wildman–Crippen LogP) is 1.93. The van der Waals surface area contributed by atoms with Crippen LogP contribution in [0.1, 0.15) is 12.7 Å². The summed E-state index contributed by atoms with van der Waals surface area (Å²) in [5, 5.41) is 2.67. The summed E-state index contributed by atoms with van der Waals surface area (Å²) in [5.74, 6) is -0.934. The quantitative estimate of drug-likeness (QED) is 0.776. The molecule has 0 radical (unpaired) electrons. The minimum atomic E-state index is -4.48. The number of hydrogen-bond donors (Lipinski definition) is 1. The van der Waals surface area contributed by atoms with E-state index in [2.05, 4.69) is 15.3 Å². The van der Waals surface area contributed by atoms with Gasteiger partial charge in [0.05, 0.1) is 0 Å². The third-order valence-electron chi connectivity index (χ3n) is 1.27. The molecule has 1 rings (SSSR count). The third kappa shape index (κ3) is 2.57. The lowest BCUT2D eigenvalue weighted by Gasteiger charge is -2.06. The molecular formula is C7H8F3N3. The number of aromatic nitrogens is 2. The Morgan fingerprint density at radius 2 is 2.15 bits per heavy atom. The Morgan fingerprint density at radius 1 is 1.46 bits per heavy atom. The topological polar surface area (TPSA) is 37.8 Å². The van der Waals surface area contributed by atoms with Crippen LogP contribution in [0, 0.1) is 0 Å². The number of anilines is 1. The molecule has 6 heteroatoms. The summed E-state index contributed by atoms with van der Waals surface area (Å²) in [6.45, 7) is 2.30. The Balaban J connectivity index is 2.92. The molecule has 0 atom stereocenters. The molecule has 0 unspecified atom stereocenters. The lowest BCUT2D eigenvalue weighted by molar-refractivity contribution is -0.144. The van der Waals surface area contributed by atoms with Gasteiger partial charge in [-0.2, -0.15) is 13.2 Å². The largest absolute Gasteiger partial charge is 0.451 e. The second-order valence-electron chi connectivity index (χ2n) is 2.29. The maximum atomic E-state index is 12.1. The number of nitrogens with one attached hydrogen (secondary N) is 1. The van der Waals surface area contributed by atoms with Crippen molar-refractivity contribution in [2.24, 2.45) is 0 Å². The predicted molar refractivity (Wildman–Crippen MR) is 41.2 cm³/mol. The standard InChI is InChI=1S/C7H8F3N3/c1-2-11-5-3-4-12-6(13-5)7(8,9)10/h3-4H,2H2,1H3,(H,11,12,13). The van der Waals surface area contributed by atoms with Crippen LogP contribution in [0.3, 0.4) is 0 Å². The van der Waals surface area contributed by atoms with Crippen LogP contribution in [0.25, 0.3) is 0 Å². The van der Waals surface area contributed by atoms with Gasteiger partial charge in [0.1, 0.15) is 5.82 Å². The zero-order valence-corrected chi connectivity index (χ0v) is 6.89. The van der Waals surface area contributed by atoms with Crippen LogP contribution < -0.4 is 5.32 Å². The molecular weight excluding hydrogens is 183 g/mol.